The van der Waals surface area contributed by atoms with E-state index in [1.807, 2.05) is 31.2 Å². The van der Waals surface area contributed by atoms with Gasteiger partial charge in [-0.3, -0.25) is 4.98 Å². The van der Waals surface area contributed by atoms with Gasteiger partial charge in [-0.05, 0) is 30.2 Å². The van der Waals surface area contributed by atoms with Crippen molar-refractivity contribution in [1.82, 2.24) is 10.1 Å². The van der Waals surface area contributed by atoms with Gasteiger partial charge in [-0.1, -0.05) is 18.1 Å². The van der Waals surface area contributed by atoms with Gasteiger partial charge in [0.05, 0.1) is 30.1 Å². The Morgan fingerprint density at radius 3 is 2.77 bits per heavy atom. The number of rotatable bonds is 4. The van der Waals surface area contributed by atoms with Gasteiger partial charge < -0.3 is 14.4 Å². The molecule has 2 aromatic heterocycles. The third kappa shape index (κ3) is 2.41. The molecule has 0 spiro atoms. The lowest BCUT2D eigenvalue weighted by Crippen LogP contribution is -1.92. The van der Waals surface area contributed by atoms with Crippen LogP contribution < -0.4 is 4.74 Å². The standard InChI is InChI=1S/C17H16N2O3/c1-3-11-8-12(15(20)9-16(11)21-2)17-13(10-19-22-17)14-6-4-5-7-18-14/h4-10,20H,3H2,1-2H3. The van der Waals surface area contributed by atoms with Gasteiger partial charge in [-0.2, -0.15) is 0 Å². The molecule has 0 aliphatic rings. The van der Waals surface area contributed by atoms with Crippen molar-refractivity contribution in [1.29, 1.82) is 0 Å². The largest absolute Gasteiger partial charge is 0.507 e. The van der Waals surface area contributed by atoms with Gasteiger partial charge >= 0.3 is 0 Å². The molecule has 22 heavy (non-hydrogen) atoms. The number of hydrogen-bond acceptors (Lipinski definition) is 5. The predicted octanol–water partition coefficient (Wildman–Crippen LogP) is 3.68. The number of phenolic OH excluding ortho intramolecular Hbond substituents is 1. The van der Waals surface area contributed by atoms with E-state index >= 15 is 0 Å². The van der Waals surface area contributed by atoms with Crippen LogP contribution in [0.15, 0.2) is 47.2 Å². The maximum atomic E-state index is 10.3. The van der Waals surface area contributed by atoms with E-state index in [1.54, 1.807) is 25.6 Å². The summed E-state index contributed by atoms with van der Waals surface area (Å²) in [4.78, 5) is 4.31. The molecule has 5 nitrogen and oxygen atoms in total. The number of phenols is 1. The molecule has 2 heterocycles. The van der Waals surface area contributed by atoms with Crippen LogP contribution in [0.25, 0.3) is 22.6 Å². The molecular weight excluding hydrogens is 280 g/mol. The third-order valence-corrected chi connectivity index (χ3v) is 3.54. The van der Waals surface area contributed by atoms with Crippen molar-refractivity contribution in [3.8, 4) is 34.1 Å². The molecule has 0 fully saturated rings. The monoisotopic (exact) mass is 296 g/mol. The summed E-state index contributed by atoms with van der Waals surface area (Å²) in [5.74, 6) is 1.24. The topological polar surface area (TPSA) is 68.4 Å². The van der Waals surface area contributed by atoms with Crippen molar-refractivity contribution in [2.75, 3.05) is 7.11 Å². The molecule has 0 amide bonds. The zero-order valence-corrected chi connectivity index (χ0v) is 12.4. The number of benzene rings is 1. The quantitative estimate of drug-likeness (QED) is 0.795. The first-order chi connectivity index (χ1) is 10.7. The second-order valence-electron chi connectivity index (χ2n) is 4.82. The molecule has 1 aromatic carbocycles. The molecule has 0 saturated heterocycles. The van der Waals surface area contributed by atoms with E-state index in [0.717, 1.165) is 23.2 Å². The highest BCUT2D eigenvalue weighted by atomic mass is 16.5. The number of aromatic nitrogens is 2. The van der Waals surface area contributed by atoms with Gasteiger partial charge in [0.2, 0.25) is 0 Å². The first-order valence-corrected chi connectivity index (χ1v) is 7.01. The summed E-state index contributed by atoms with van der Waals surface area (Å²) < 4.78 is 10.7. The number of aryl methyl sites for hydroxylation is 1. The second-order valence-corrected chi connectivity index (χ2v) is 4.82. The number of pyridine rings is 1. The Kier molecular flexibility index (Phi) is 3.78. The van der Waals surface area contributed by atoms with E-state index in [0.29, 0.717) is 17.1 Å². The minimum Gasteiger partial charge on any atom is -0.507 e. The summed E-state index contributed by atoms with van der Waals surface area (Å²) in [6.45, 7) is 2.03. The maximum absolute atomic E-state index is 10.3. The van der Waals surface area contributed by atoms with Crippen molar-refractivity contribution < 1.29 is 14.4 Å². The Morgan fingerprint density at radius 1 is 1.23 bits per heavy atom. The predicted molar refractivity (Wildman–Crippen MR) is 82.8 cm³/mol. The van der Waals surface area contributed by atoms with Crippen LogP contribution in [0.1, 0.15) is 12.5 Å². The molecule has 0 radical (unpaired) electrons. The summed E-state index contributed by atoms with van der Waals surface area (Å²) in [6, 6.07) is 9.07. The van der Waals surface area contributed by atoms with E-state index in [9.17, 15) is 5.11 Å². The number of aromatic hydroxyl groups is 1. The number of ether oxygens (including phenoxy) is 1. The van der Waals surface area contributed by atoms with Crippen LogP contribution in [-0.4, -0.2) is 22.4 Å². The molecule has 3 aromatic rings. The molecule has 5 heteroatoms. The first kappa shape index (κ1) is 14.1. The zero-order chi connectivity index (χ0) is 15.5. The van der Waals surface area contributed by atoms with Gasteiger partial charge in [0.15, 0.2) is 5.76 Å². The van der Waals surface area contributed by atoms with Crippen LogP contribution in [0.5, 0.6) is 11.5 Å². The number of hydrogen-bond donors (Lipinski definition) is 1. The van der Waals surface area contributed by atoms with Crippen LogP contribution in [0.3, 0.4) is 0 Å². The molecule has 0 aliphatic heterocycles. The third-order valence-electron chi connectivity index (χ3n) is 3.54. The average molecular weight is 296 g/mol. The van der Waals surface area contributed by atoms with Crippen molar-refractivity contribution in [3.05, 3.63) is 48.3 Å². The van der Waals surface area contributed by atoms with Gasteiger partial charge in [0.25, 0.3) is 0 Å². The lowest BCUT2D eigenvalue weighted by Gasteiger charge is -2.11. The van der Waals surface area contributed by atoms with Crippen LogP contribution in [0.2, 0.25) is 0 Å². The molecular formula is C17H16N2O3. The fourth-order valence-electron chi connectivity index (χ4n) is 2.40. The smallest absolute Gasteiger partial charge is 0.179 e. The Balaban J connectivity index is 2.15. The van der Waals surface area contributed by atoms with E-state index < -0.39 is 0 Å². The van der Waals surface area contributed by atoms with E-state index in [1.165, 1.54) is 0 Å². The summed E-state index contributed by atoms with van der Waals surface area (Å²) >= 11 is 0. The van der Waals surface area contributed by atoms with E-state index in [2.05, 4.69) is 10.1 Å². The van der Waals surface area contributed by atoms with Crippen molar-refractivity contribution >= 4 is 0 Å². The molecule has 0 bridgehead atoms. The van der Waals surface area contributed by atoms with Crippen LogP contribution in [-0.2, 0) is 6.42 Å². The molecule has 0 saturated carbocycles. The molecule has 0 atom stereocenters. The molecule has 112 valence electrons. The van der Waals surface area contributed by atoms with Gasteiger partial charge in [0.1, 0.15) is 11.5 Å². The van der Waals surface area contributed by atoms with Gasteiger partial charge in [-0.25, -0.2) is 0 Å². The molecule has 3 rings (SSSR count). The average Bonchev–Trinajstić information content (AvgIpc) is 3.04. The van der Waals surface area contributed by atoms with Crippen LogP contribution >= 0.6 is 0 Å². The van der Waals surface area contributed by atoms with Crippen molar-refractivity contribution in [2.24, 2.45) is 0 Å². The van der Waals surface area contributed by atoms with E-state index in [-0.39, 0.29) is 5.75 Å². The second kappa shape index (κ2) is 5.89. The SMILES string of the molecule is CCc1cc(-c2oncc2-c2ccccn2)c(O)cc1OC. The highest BCUT2D eigenvalue weighted by Gasteiger charge is 2.19. The Labute approximate surface area is 128 Å². The van der Waals surface area contributed by atoms with Gasteiger partial charge in [0, 0.05) is 12.3 Å². The molecule has 0 aliphatic carbocycles. The summed E-state index contributed by atoms with van der Waals surface area (Å²) in [5.41, 5.74) is 3.05. The normalized spacial score (nSPS) is 10.6. The fraction of sp³-hybridized carbons (Fsp3) is 0.176. The van der Waals surface area contributed by atoms with Crippen molar-refractivity contribution in [3.63, 3.8) is 0 Å². The highest BCUT2D eigenvalue weighted by molar-refractivity contribution is 5.81. The summed E-state index contributed by atoms with van der Waals surface area (Å²) in [5, 5.41) is 14.2. The lowest BCUT2D eigenvalue weighted by molar-refractivity contribution is 0.401. The summed E-state index contributed by atoms with van der Waals surface area (Å²) in [6.07, 6.45) is 4.09. The van der Waals surface area contributed by atoms with Crippen molar-refractivity contribution in [2.45, 2.75) is 13.3 Å². The number of nitrogens with zero attached hydrogens (tertiary/aromatic N) is 2. The molecule has 0 unspecified atom stereocenters. The highest BCUT2D eigenvalue weighted by Crippen LogP contribution is 2.39. The Hall–Kier alpha value is -2.82. The van der Waals surface area contributed by atoms with Crippen LogP contribution in [0, 0.1) is 0 Å². The minimum absolute atomic E-state index is 0.0861. The lowest BCUT2D eigenvalue weighted by atomic mass is 10.0. The van der Waals surface area contributed by atoms with Crippen LogP contribution in [0.4, 0.5) is 0 Å². The molecule has 1 N–H and O–H groups in total. The maximum Gasteiger partial charge on any atom is 0.179 e. The summed E-state index contributed by atoms with van der Waals surface area (Å²) in [7, 11) is 1.58. The Morgan fingerprint density at radius 2 is 2.09 bits per heavy atom. The Bertz CT molecular complexity index is 782. The van der Waals surface area contributed by atoms with Gasteiger partial charge in [-0.15, -0.1) is 0 Å². The van der Waals surface area contributed by atoms with E-state index in [4.69, 9.17) is 9.26 Å². The fourth-order valence-corrected chi connectivity index (χ4v) is 2.40. The number of methoxy groups -OCH3 is 1. The zero-order valence-electron chi connectivity index (χ0n) is 12.4. The first-order valence-electron chi connectivity index (χ1n) is 7.01. The minimum atomic E-state index is 0.0861.